The second kappa shape index (κ2) is 5.35. The second-order valence-electron chi connectivity index (χ2n) is 5.71. The van der Waals surface area contributed by atoms with Gasteiger partial charge in [-0.25, -0.2) is 0 Å². The van der Waals surface area contributed by atoms with Gasteiger partial charge in [-0.2, -0.15) is 9.90 Å². The van der Waals surface area contributed by atoms with E-state index in [-0.39, 0.29) is 11.9 Å². The summed E-state index contributed by atoms with van der Waals surface area (Å²) >= 11 is 0. The van der Waals surface area contributed by atoms with Crippen molar-refractivity contribution in [1.82, 2.24) is 15.0 Å². The van der Waals surface area contributed by atoms with Crippen LogP contribution in [0.15, 0.2) is 60.8 Å². The van der Waals surface area contributed by atoms with E-state index in [1.54, 1.807) is 0 Å². The van der Waals surface area contributed by atoms with Crippen LogP contribution in [0.4, 0.5) is 5.69 Å². The van der Waals surface area contributed by atoms with Crippen molar-refractivity contribution in [2.75, 3.05) is 4.90 Å². The Bertz CT molecular complexity index is 856. The van der Waals surface area contributed by atoms with Crippen LogP contribution in [-0.2, 0) is 6.42 Å². The normalized spacial score (nSPS) is 16.4. The first-order chi connectivity index (χ1) is 11.2. The molecule has 0 bridgehead atoms. The van der Waals surface area contributed by atoms with Gasteiger partial charge in [-0.1, -0.05) is 36.4 Å². The van der Waals surface area contributed by atoms with Gasteiger partial charge in [-0.05, 0) is 37.1 Å². The van der Waals surface area contributed by atoms with Crippen molar-refractivity contribution in [1.29, 1.82) is 0 Å². The van der Waals surface area contributed by atoms with Gasteiger partial charge in [0.1, 0.15) is 0 Å². The van der Waals surface area contributed by atoms with E-state index in [1.807, 2.05) is 53.4 Å². The molecule has 2 aromatic carbocycles. The highest BCUT2D eigenvalue weighted by Crippen LogP contribution is 2.32. The molecule has 1 aliphatic heterocycles. The number of anilines is 1. The number of benzene rings is 2. The zero-order valence-electron chi connectivity index (χ0n) is 12.8. The Labute approximate surface area is 134 Å². The molecule has 1 amide bonds. The number of para-hydroxylation sites is 2. The number of carbonyl (C=O) groups is 1. The molecular formula is C18H16N4O. The molecule has 0 radical (unpaired) electrons. The average Bonchev–Trinajstić information content (AvgIpc) is 3.19. The molecule has 2 heterocycles. The lowest BCUT2D eigenvalue weighted by Gasteiger charge is -2.21. The van der Waals surface area contributed by atoms with E-state index in [0.717, 1.165) is 17.8 Å². The van der Waals surface area contributed by atoms with E-state index in [1.165, 1.54) is 16.6 Å². The van der Waals surface area contributed by atoms with Crippen LogP contribution in [0.25, 0.3) is 5.69 Å². The zero-order chi connectivity index (χ0) is 15.8. The number of nitrogens with zero attached hydrogens (tertiary/aromatic N) is 4. The highest BCUT2D eigenvalue weighted by atomic mass is 16.2. The SMILES string of the molecule is C[C@@H]1Cc2ccccc2N1C(=O)c1cnn(-c2ccccc2)n1. The molecule has 0 N–H and O–H groups in total. The Morgan fingerprint density at radius 3 is 2.65 bits per heavy atom. The molecule has 0 unspecified atom stereocenters. The van der Waals surface area contributed by atoms with Crippen LogP contribution in [0, 0.1) is 0 Å². The Kier molecular flexibility index (Phi) is 3.19. The summed E-state index contributed by atoms with van der Waals surface area (Å²) in [4.78, 5) is 16.2. The molecule has 1 atom stereocenters. The lowest BCUT2D eigenvalue weighted by Crippen LogP contribution is -2.36. The number of hydrogen-bond donors (Lipinski definition) is 0. The van der Waals surface area contributed by atoms with Gasteiger partial charge in [0.05, 0.1) is 11.9 Å². The van der Waals surface area contributed by atoms with Gasteiger partial charge in [0.15, 0.2) is 5.69 Å². The summed E-state index contributed by atoms with van der Waals surface area (Å²) in [6, 6.07) is 17.7. The molecule has 4 rings (SSSR count). The van der Waals surface area contributed by atoms with E-state index in [4.69, 9.17) is 0 Å². The summed E-state index contributed by atoms with van der Waals surface area (Å²) in [5.41, 5.74) is 3.36. The molecule has 0 saturated heterocycles. The van der Waals surface area contributed by atoms with Gasteiger partial charge in [-0.3, -0.25) is 4.79 Å². The fourth-order valence-electron chi connectivity index (χ4n) is 3.05. The standard InChI is InChI=1S/C18H16N4O/c1-13-11-14-7-5-6-10-17(14)21(13)18(23)16-12-19-22(20-16)15-8-3-2-4-9-15/h2-10,12-13H,11H2,1H3/t13-/m1/s1. The average molecular weight is 304 g/mol. The molecule has 1 aliphatic rings. The summed E-state index contributed by atoms with van der Waals surface area (Å²) in [5, 5.41) is 8.56. The predicted octanol–water partition coefficient (Wildman–Crippen LogP) is 2.86. The fraction of sp³-hybridized carbons (Fsp3) is 0.167. The minimum atomic E-state index is -0.107. The molecular weight excluding hydrogens is 288 g/mol. The highest BCUT2D eigenvalue weighted by molar-refractivity contribution is 6.06. The Morgan fingerprint density at radius 1 is 1.09 bits per heavy atom. The van der Waals surface area contributed by atoms with Crippen molar-refractivity contribution in [2.24, 2.45) is 0 Å². The van der Waals surface area contributed by atoms with Gasteiger partial charge in [0.2, 0.25) is 0 Å². The third-order valence-electron chi connectivity index (χ3n) is 4.12. The molecule has 23 heavy (non-hydrogen) atoms. The third-order valence-corrected chi connectivity index (χ3v) is 4.12. The molecule has 114 valence electrons. The molecule has 0 saturated carbocycles. The van der Waals surface area contributed by atoms with Crippen LogP contribution in [0.2, 0.25) is 0 Å². The number of amides is 1. The number of aromatic nitrogens is 3. The third kappa shape index (κ3) is 2.30. The molecule has 5 nitrogen and oxygen atoms in total. The van der Waals surface area contributed by atoms with Crippen LogP contribution in [0.5, 0.6) is 0 Å². The van der Waals surface area contributed by atoms with Crippen molar-refractivity contribution < 1.29 is 4.79 Å². The molecule has 0 aliphatic carbocycles. The monoisotopic (exact) mass is 304 g/mol. The van der Waals surface area contributed by atoms with E-state index < -0.39 is 0 Å². The first kappa shape index (κ1) is 13.7. The van der Waals surface area contributed by atoms with E-state index in [9.17, 15) is 4.79 Å². The number of carbonyl (C=O) groups excluding carboxylic acids is 1. The topological polar surface area (TPSA) is 51.0 Å². The largest absolute Gasteiger partial charge is 0.304 e. The van der Waals surface area contributed by atoms with Gasteiger partial charge < -0.3 is 4.90 Å². The molecule has 0 fully saturated rings. The van der Waals surface area contributed by atoms with Gasteiger partial charge >= 0.3 is 0 Å². The smallest absolute Gasteiger partial charge is 0.280 e. The summed E-state index contributed by atoms with van der Waals surface area (Å²) in [7, 11) is 0. The summed E-state index contributed by atoms with van der Waals surface area (Å²) in [6.45, 7) is 2.06. The van der Waals surface area contributed by atoms with Crippen LogP contribution in [-0.4, -0.2) is 26.9 Å². The number of fused-ring (bicyclic) bond motifs is 1. The Balaban J connectivity index is 1.67. The lowest BCUT2D eigenvalue weighted by molar-refractivity contribution is 0.0976. The van der Waals surface area contributed by atoms with Gasteiger partial charge in [-0.15, -0.1) is 5.10 Å². The van der Waals surface area contributed by atoms with E-state index >= 15 is 0 Å². The molecule has 3 aromatic rings. The molecule has 1 aromatic heterocycles. The maximum atomic E-state index is 12.9. The van der Waals surface area contributed by atoms with Crippen molar-refractivity contribution in [2.45, 2.75) is 19.4 Å². The van der Waals surface area contributed by atoms with Crippen molar-refractivity contribution in [3.63, 3.8) is 0 Å². The molecule has 5 heteroatoms. The van der Waals surface area contributed by atoms with Gasteiger partial charge in [0, 0.05) is 11.7 Å². The lowest BCUT2D eigenvalue weighted by atomic mass is 10.1. The number of hydrogen-bond acceptors (Lipinski definition) is 3. The minimum absolute atomic E-state index is 0.107. The first-order valence-electron chi connectivity index (χ1n) is 7.63. The van der Waals surface area contributed by atoms with Crippen LogP contribution < -0.4 is 4.90 Å². The summed E-state index contributed by atoms with van der Waals surface area (Å²) in [6.07, 6.45) is 2.40. The Morgan fingerprint density at radius 2 is 1.83 bits per heavy atom. The maximum Gasteiger partial charge on any atom is 0.280 e. The maximum absolute atomic E-state index is 12.9. The van der Waals surface area contributed by atoms with Crippen molar-refractivity contribution >= 4 is 11.6 Å². The quantitative estimate of drug-likeness (QED) is 0.731. The van der Waals surface area contributed by atoms with Crippen LogP contribution >= 0.6 is 0 Å². The second-order valence-corrected chi connectivity index (χ2v) is 5.71. The van der Waals surface area contributed by atoms with Gasteiger partial charge in [0.25, 0.3) is 5.91 Å². The van der Waals surface area contributed by atoms with Crippen molar-refractivity contribution in [3.8, 4) is 5.69 Å². The Hall–Kier alpha value is -2.95. The fourth-order valence-corrected chi connectivity index (χ4v) is 3.05. The zero-order valence-corrected chi connectivity index (χ0v) is 12.8. The van der Waals surface area contributed by atoms with E-state index in [0.29, 0.717) is 5.69 Å². The highest BCUT2D eigenvalue weighted by Gasteiger charge is 2.32. The van der Waals surface area contributed by atoms with Crippen LogP contribution in [0.1, 0.15) is 23.0 Å². The predicted molar refractivity (Wildman–Crippen MR) is 87.8 cm³/mol. The van der Waals surface area contributed by atoms with Crippen molar-refractivity contribution in [3.05, 3.63) is 72.1 Å². The minimum Gasteiger partial charge on any atom is -0.304 e. The first-order valence-corrected chi connectivity index (χ1v) is 7.63. The molecule has 0 spiro atoms. The summed E-state index contributed by atoms with van der Waals surface area (Å²) in [5.74, 6) is -0.107. The van der Waals surface area contributed by atoms with Crippen LogP contribution in [0.3, 0.4) is 0 Å². The van der Waals surface area contributed by atoms with E-state index in [2.05, 4.69) is 23.2 Å². The number of rotatable bonds is 2. The summed E-state index contributed by atoms with van der Waals surface area (Å²) < 4.78 is 0.